The fourth-order valence-electron chi connectivity index (χ4n) is 5.36. The molecule has 1 aliphatic heterocycles. The third kappa shape index (κ3) is 5.96. The SMILES string of the molecule is COCC(=O)NC(C(=O)N1Cc2cc(O)ccc2CC1C(=O)NC1CCCc2ccccc21)C(C)(C)C. The maximum absolute atomic E-state index is 14.0. The maximum Gasteiger partial charge on any atom is 0.246 e. The molecule has 2 aromatic rings. The van der Waals surface area contributed by atoms with Gasteiger partial charge in [0.2, 0.25) is 17.7 Å². The summed E-state index contributed by atoms with van der Waals surface area (Å²) >= 11 is 0. The molecule has 0 radical (unpaired) electrons. The maximum atomic E-state index is 14.0. The molecule has 37 heavy (non-hydrogen) atoms. The number of ether oxygens (including phenoxy) is 1. The zero-order valence-electron chi connectivity index (χ0n) is 22.0. The normalized spacial score (nSPS) is 19.8. The van der Waals surface area contributed by atoms with Crippen molar-refractivity contribution in [3.05, 3.63) is 64.7 Å². The summed E-state index contributed by atoms with van der Waals surface area (Å²) in [4.78, 5) is 41.8. The molecule has 8 heteroatoms. The summed E-state index contributed by atoms with van der Waals surface area (Å²) in [6.45, 7) is 5.62. The summed E-state index contributed by atoms with van der Waals surface area (Å²) in [6, 6.07) is 11.5. The topological polar surface area (TPSA) is 108 Å². The summed E-state index contributed by atoms with van der Waals surface area (Å²) in [6.07, 6.45) is 3.13. The number of nitrogens with one attached hydrogen (secondary N) is 2. The van der Waals surface area contributed by atoms with Gasteiger partial charge in [-0.3, -0.25) is 14.4 Å². The zero-order chi connectivity index (χ0) is 26.7. The number of aromatic hydroxyl groups is 1. The van der Waals surface area contributed by atoms with E-state index in [4.69, 9.17) is 4.74 Å². The Morgan fingerprint density at radius 3 is 2.59 bits per heavy atom. The molecule has 1 aliphatic carbocycles. The average Bonchev–Trinajstić information content (AvgIpc) is 2.85. The lowest BCUT2D eigenvalue weighted by atomic mass is 9.84. The van der Waals surface area contributed by atoms with Gasteiger partial charge in [0, 0.05) is 20.1 Å². The first-order valence-electron chi connectivity index (χ1n) is 12.9. The summed E-state index contributed by atoms with van der Waals surface area (Å²) in [5.41, 5.74) is 3.46. The second-order valence-electron chi connectivity index (χ2n) is 11.1. The molecule has 0 saturated carbocycles. The Hall–Kier alpha value is -3.39. The van der Waals surface area contributed by atoms with Gasteiger partial charge in [0.05, 0.1) is 6.04 Å². The smallest absolute Gasteiger partial charge is 0.246 e. The van der Waals surface area contributed by atoms with Crippen LogP contribution in [-0.4, -0.2) is 53.5 Å². The van der Waals surface area contributed by atoms with E-state index in [-0.39, 0.29) is 36.8 Å². The number of nitrogens with zero attached hydrogens (tertiary/aromatic N) is 1. The van der Waals surface area contributed by atoms with Gasteiger partial charge in [0.25, 0.3) is 0 Å². The van der Waals surface area contributed by atoms with Crippen LogP contribution in [0, 0.1) is 5.41 Å². The molecule has 3 amide bonds. The van der Waals surface area contributed by atoms with Crippen molar-refractivity contribution >= 4 is 17.7 Å². The van der Waals surface area contributed by atoms with Gasteiger partial charge in [-0.25, -0.2) is 0 Å². The number of fused-ring (bicyclic) bond motifs is 2. The predicted octanol–water partition coefficient (Wildman–Crippen LogP) is 3.02. The molecule has 2 aliphatic rings. The van der Waals surface area contributed by atoms with Crippen LogP contribution in [0.25, 0.3) is 0 Å². The number of aryl methyl sites for hydroxylation is 1. The van der Waals surface area contributed by atoms with E-state index in [2.05, 4.69) is 22.8 Å². The second kappa shape index (κ2) is 10.9. The molecule has 0 saturated heterocycles. The van der Waals surface area contributed by atoms with Crippen molar-refractivity contribution in [1.82, 2.24) is 15.5 Å². The van der Waals surface area contributed by atoms with Crippen molar-refractivity contribution in [2.75, 3.05) is 13.7 Å². The van der Waals surface area contributed by atoms with E-state index >= 15 is 0 Å². The van der Waals surface area contributed by atoms with Gasteiger partial charge in [-0.2, -0.15) is 0 Å². The van der Waals surface area contributed by atoms with E-state index in [0.717, 1.165) is 36.0 Å². The second-order valence-corrected chi connectivity index (χ2v) is 11.1. The van der Waals surface area contributed by atoms with E-state index < -0.39 is 23.4 Å². The highest BCUT2D eigenvalue weighted by atomic mass is 16.5. The number of hydrogen-bond acceptors (Lipinski definition) is 5. The predicted molar refractivity (Wildman–Crippen MR) is 140 cm³/mol. The molecule has 1 heterocycles. The van der Waals surface area contributed by atoms with E-state index in [9.17, 15) is 19.5 Å². The van der Waals surface area contributed by atoms with Crippen LogP contribution in [0.5, 0.6) is 5.75 Å². The average molecular weight is 508 g/mol. The minimum atomic E-state index is -0.861. The van der Waals surface area contributed by atoms with Crippen molar-refractivity contribution in [3.8, 4) is 5.75 Å². The first-order chi connectivity index (χ1) is 17.6. The quantitative estimate of drug-likeness (QED) is 0.557. The van der Waals surface area contributed by atoms with Gasteiger partial charge < -0.3 is 25.4 Å². The van der Waals surface area contributed by atoms with E-state index in [1.54, 1.807) is 17.0 Å². The Balaban J connectivity index is 1.65. The first-order valence-corrected chi connectivity index (χ1v) is 12.9. The molecule has 4 rings (SSSR count). The van der Waals surface area contributed by atoms with Gasteiger partial charge >= 0.3 is 0 Å². The number of phenols is 1. The Morgan fingerprint density at radius 2 is 1.86 bits per heavy atom. The third-order valence-electron chi connectivity index (χ3n) is 7.29. The number of benzene rings is 2. The number of carbonyl (C=O) groups is 3. The summed E-state index contributed by atoms with van der Waals surface area (Å²) in [5.74, 6) is -0.848. The lowest BCUT2D eigenvalue weighted by molar-refractivity contribution is -0.147. The van der Waals surface area contributed by atoms with Crippen molar-refractivity contribution < 1.29 is 24.2 Å². The van der Waals surface area contributed by atoms with Gasteiger partial charge in [-0.15, -0.1) is 0 Å². The lowest BCUT2D eigenvalue weighted by Gasteiger charge is -2.41. The Labute approximate surface area is 218 Å². The fourth-order valence-corrected chi connectivity index (χ4v) is 5.36. The monoisotopic (exact) mass is 507 g/mol. The van der Waals surface area contributed by atoms with E-state index in [1.807, 2.05) is 39.0 Å². The van der Waals surface area contributed by atoms with Crippen LogP contribution in [0.4, 0.5) is 0 Å². The molecule has 0 aromatic heterocycles. The Morgan fingerprint density at radius 1 is 1.11 bits per heavy atom. The molecular weight excluding hydrogens is 470 g/mol. The lowest BCUT2D eigenvalue weighted by Crippen LogP contribution is -2.61. The van der Waals surface area contributed by atoms with Gasteiger partial charge in [0.15, 0.2) is 0 Å². The van der Waals surface area contributed by atoms with Crippen LogP contribution < -0.4 is 10.6 Å². The third-order valence-corrected chi connectivity index (χ3v) is 7.29. The van der Waals surface area contributed by atoms with Crippen LogP contribution in [0.1, 0.15) is 61.9 Å². The molecule has 0 spiro atoms. The van der Waals surface area contributed by atoms with Gasteiger partial charge in [-0.1, -0.05) is 51.1 Å². The van der Waals surface area contributed by atoms with Crippen LogP contribution >= 0.6 is 0 Å². The molecule has 2 aromatic carbocycles. The summed E-state index contributed by atoms with van der Waals surface area (Å²) in [5, 5.41) is 16.1. The number of rotatable bonds is 6. The van der Waals surface area contributed by atoms with E-state index in [1.165, 1.54) is 12.7 Å². The molecule has 0 fully saturated rings. The number of carbonyl (C=O) groups excluding carboxylic acids is 3. The molecule has 198 valence electrons. The summed E-state index contributed by atoms with van der Waals surface area (Å²) < 4.78 is 4.95. The Bertz CT molecular complexity index is 1170. The van der Waals surface area contributed by atoms with Crippen molar-refractivity contribution in [1.29, 1.82) is 0 Å². The van der Waals surface area contributed by atoms with Crippen molar-refractivity contribution in [3.63, 3.8) is 0 Å². The molecule has 0 bridgehead atoms. The van der Waals surface area contributed by atoms with Gasteiger partial charge in [-0.05, 0) is 59.1 Å². The highest BCUT2D eigenvalue weighted by molar-refractivity contribution is 5.93. The fraction of sp³-hybridized carbons (Fsp3) is 0.483. The molecule has 3 N–H and O–H groups in total. The highest BCUT2D eigenvalue weighted by Gasteiger charge is 2.42. The summed E-state index contributed by atoms with van der Waals surface area (Å²) in [7, 11) is 1.42. The Kier molecular flexibility index (Phi) is 7.87. The number of hydrogen-bond donors (Lipinski definition) is 3. The van der Waals surface area contributed by atoms with Crippen LogP contribution in [-0.2, 0) is 38.5 Å². The van der Waals surface area contributed by atoms with E-state index in [0.29, 0.717) is 6.42 Å². The molecule has 3 unspecified atom stereocenters. The molecular formula is C29H37N3O5. The number of amides is 3. The van der Waals surface area contributed by atoms with Crippen LogP contribution in [0.3, 0.4) is 0 Å². The number of phenolic OH excluding ortho intramolecular Hbond substituents is 1. The van der Waals surface area contributed by atoms with Gasteiger partial charge in [0.1, 0.15) is 24.4 Å². The van der Waals surface area contributed by atoms with Crippen molar-refractivity contribution in [2.24, 2.45) is 5.41 Å². The number of methoxy groups -OCH3 is 1. The highest BCUT2D eigenvalue weighted by Crippen LogP contribution is 2.32. The minimum absolute atomic E-state index is 0.105. The molecule has 8 nitrogen and oxygen atoms in total. The largest absolute Gasteiger partial charge is 0.508 e. The van der Waals surface area contributed by atoms with Crippen LogP contribution in [0.2, 0.25) is 0 Å². The zero-order valence-corrected chi connectivity index (χ0v) is 22.0. The first kappa shape index (κ1) is 26.7. The minimum Gasteiger partial charge on any atom is -0.508 e. The van der Waals surface area contributed by atoms with Crippen LogP contribution in [0.15, 0.2) is 42.5 Å². The van der Waals surface area contributed by atoms with Crippen molar-refractivity contribution in [2.45, 2.75) is 71.1 Å². The molecule has 3 atom stereocenters. The standard InChI is InChI=1S/C29H37N3O5/c1-29(2,3)26(31-25(34)17-37-4)28(36)32-16-20-14-21(33)13-12-19(20)15-24(32)27(35)30-23-11-7-9-18-8-5-6-10-22(18)23/h5-6,8,10,12-14,23-24,26,33H,7,9,11,15-17H2,1-4H3,(H,30,35)(H,31,34).